The molecule has 2 aliphatic rings. The van der Waals surface area contributed by atoms with Crippen LogP contribution in [0.3, 0.4) is 0 Å². The molecule has 0 N–H and O–H groups in total. The molecule has 0 spiro atoms. The highest BCUT2D eigenvalue weighted by atomic mass is 32.2. The van der Waals surface area contributed by atoms with Gasteiger partial charge in [0.05, 0.1) is 27.9 Å². The lowest BCUT2D eigenvalue weighted by molar-refractivity contribution is -0.387. The average molecular weight is 496 g/mol. The summed E-state index contributed by atoms with van der Waals surface area (Å²) in [4.78, 5) is 62.1. The number of nitro groups is 1. The van der Waals surface area contributed by atoms with Crippen molar-refractivity contribution in [2.75, 3.05) is 45.2 Å². The Balaban J connectivity index is 1.70. The molecule has 0 saturated carbocycles. The molecule has 11 nitrogen and oxygen atoms in total. The van der Waals surface area contributed by atoms with E-state index in [0.29, 0.717) is 54.3 Å². The van der Waals surface area contributed by atoms with Crippen molar-refractivity contribution in [1.82, 2.24) is 9.80 Å². The molecule has 176 valence electrons. The summed E-state index contributed by atoms with van der Waals surface area (Å²) >= 11 is 1.85. The van der Waals surface area contributed by atoms with Crippen LogP contribution in [0.5, 0.6) is 0 Å². The molecule has 0 aromatic heterocycles. The number of benzene rings is 1. The fourth-order valence-electron chi connectivity index (χ4n) is 3.06. The molecule has 2 saturated heterocycles. The molecule has 2 fully saturated rings. The summed E-state index contributed by atoms with van der Waals surface area (Å²) < 4.78 is 10.0. The number of rotatable bonds is 8. The molecule has 13 heteroatoms. The number of hydrogen-bond donors (Lipinski definition) is 0. The van der Waals surface area contributed by atoms with E-state index in [9.17, 15) is 29.3 Å². The minimum absolute atomic E-state index is 0.0827. The molecule has 1 aromatic rings. The van der Waals surface area contributed by atoms with Crippen LogP contribution in [0.15, 0.2) is 28.0 Å². The highest BCUT2D eigenvalue weighted by Gasteiger charge is 2.37. The number of amides is 3. The van der Waals surface area contributed by atoms with Gasteiger partial charge in [0, 0.05) is 31.8 Å². The number of hydrogen-bond acceptors (Lipinski definition) is 10. The number of ether oxygens (including phenoxy) is 2. The van der Waals surface area contributed by atoms with E-state index in [0.717, 1.165) is 4.90 Å². The van der Waals surface area contributed by atoms with Gasteiger partial charge >= 0.3 is 5.97 Å². The molecule has 0 radical (unpaired) electrons. The molecular weight excluding hydrogens is 474 g/mol. The van der Waals surface area contributed by atoms with Gasteiger partial charge in [-0.2, -0.15) is 0 Å². The van der Waals surface area contributed by atoms with Gasteiger partial charge in [-0.25, -0.2) is 0 Å². The normalized spacial score (nSPS) is 17.5. The molecule has 1 aromatic carbocycles. The highest BCUT2D eigenvalue weighted by Crippen LogP contribution is 2.35. The Morgan fingerprint density at radius 1 is 1.30 bits per heavy atom. The van der Waals surface area contributed by atoms with Gasteiger partial charge in [-0.05, 0) is 29.5 Å². The van der Waals surface area contributed by atoms with Gasteiger partial charge in [0.1, 0.15) is 13.2 Å². The molecule has 3 amide bonds. The van der Waals surface area contributed by atoms with Gasteiger partial charge in [-0.3, -0.25) is 34.2 Å². The monoisotopic (exact) mass is 495 g/mol. The maximum Gasteiger partial charge on any atom is 0.302 e. The topological polar surface area (TPSA) is 136 Å². The van der Waals surface area contributed by atoms with Gasteiger partial charge in [-0.15, -0.1) is 11.8 Å². The summed E-state index contributed by atoms with van der Waals surface area (Å²) in [6.45, 7) is 2.66. The Kier molecular flexibility index (Phi) is 8.47. The standard InChI is InChI=1S/C20H21N3O8S2/c1-13(24)31-8-9-32-16-3-2-14(10-15(16)23(28)29)11-17-19(26)22(20(27)33-17)12-18(25)21-4-6-30-7-5-21/h2-3,10-11H,4-9,12H2,1H3. The third-order valence-corrected chi connectivity index (χ3v) is 6.59. The van der Waals surface area contributed by atoms with Crippen molar-refractivity contribution in [3.05, 3.63) is 38.8 Å². The van der Waals surface area contributed by atoms with Gasteiger partial charge in [0.25, 0.3) is 16.8 Å². The summed E-state index contributed by atoms with van der Waals surface area (Å²) in [5.41, 5.74) is 0.203. The zero-order chi connectivity index (χ0) is 24.0. The minimum atomic E-state index is -0.617. The third kappa shape index (κ3) is 6.55. The number of carbonyl (C=O) groups excluding carboxylic acids is 4. The summed E-state index contributed by atoms with van der Waals surface area (Å²) in [7, 11) is 0. The lowest BCUT2D eigenvalue weighted by Gasteiger charge is -2.28. The summed E-state index contributed by atoms with van der Waals surface area (Å²) in [5, 5.41) is 10.9. The molecule has 2 heterocycles. The molecule has 2 aliphatic heterocycles. The van der Waals surface area contributed by atoms with E-state index >= 15 is 0 Å². The predicted molar refractivity (Wildman–Crippen MR) is 121 cm³/mol. The van der Waals surface area contributed by atoms with Crippen LogP contribution in [0.1, 0.15) is 12.5 Å². The Bertz CT molecular complexity index is 1010. The number of carbonyl (C=O) groups is 4. The SMILES string of the molecule is CC(=O)OCCSc1ccc(C=C2SC(=O)N(CC(=O)N3CCOCC3)C2=O)cc1[N+](=O)[O-]. The van der Waals surface area contributed by atoms with E-state index in [2.05, 4.69) is 0 Å². The summed E-state index contributed by atoms with van der Waals surface area (Å²) in [6, 6.07) is 4.43. The van der Waals surface area contributed by atoms with Crippen LogP contribution >= 0.6 is 23.5 Å². The number of nitro benzene ring substituents is 1. The number of esters is 1. The maximum atomic E-state index is 12.7. The maximum absolute atomic E-state index is 12.7. The van der Waals surface area contributed by atoms with Gasteiger partial charge in [-0.1, -0.05) is 6.07 Å². The molecule has 3 rings (SSSR count). The first-order valence-electron chi connectivity index (χ1n) is 9.91. The minimum Gasteiger partial charge on any atom is -0.465 e. The fourth-order valence-corrected chi connectivity index (χ4v) is 4.73. The van der Waals surface area contributed by atoms with Crippen LogP contribution in [0.4, 0.5) is 10.5 Å². The van der Waals surface area contributed by atoms with Crippen molar-refractivity contribution in [1.29, 1.82) is 0 Å². The van der Waals surface area contributed by atoms with Gasteiger partial charge in [0.15, 0.2) is 0 Å². The lowest BCUT2D eigenvalue weighted by Crippen LogP contribution is -2.46. The molecule has 0 unspecified atom stereocenters. The number of morpholine rings is 1. The molecule has 33 heavy (non-hydrogen) atoms. The van der Waals surface area contributed by atoms with E-state index in [1.54, 1.807) is 6.07 Å². The summed E-state index contributed by atoms with van der Waals surface area (Å²) in [5.74, 6) is -1.04. The zero-order valence-electron chi connectivity index (χ0n) is 17.7. The van der Waals surface area contributed by atoms with E-state index in [1.165, 1.54) is 41.8 Å². The van der Waals surface area contributed by atoms with Crippen LogP contribution in [0.25, 0.3) is 6.08 Å². The number of thioether (sulfide) groups is 2. The third-order valence-electron chi connectivity index (χ3n) is 4.65. The summed E-state index contributed by atoms with van der Waals surface area (Å²) in [6.07, 6.45) is 1.39. The Morgan fingerprint density at radius 2 is 2.03 bits per heavy atom. The smallest absolute Gasteiger partial charge is 0.302 e. The van der Waals surface area contributed by atoms with Crippen LogP contribution in [-0.2, 0) is 23.9 Å². The van der Waals surface area contributed by atoms with Crippen molar-refractivity contribution in [3.63, 3.8) is 0 Å². The Labute approximate surface area is 197 Å². The van der Waals surface area contributed by atoms with Crippen molar-refractivity contribution in [2.24, 2.45) is 0 Å². The fraction of sp³-hybridized carbons (Fsp3) is 0.400. The molecular formula is C20H21N3O8S2. The predicted octanol–water partition coefficient (Wildman–Crippen LogP) is 2.15. The van der Waals surface area contributed by atoms with Crippen LogP contribution in [-0.4, -0.2) is 83.0 Å². The van der Waals surface area contributed by atoms with Crippen molar-refractivity contribution >= 4 is 58.3 Å². The van der Waals surface area contributed by atoms with E-state index in [1.807, 2.05) is 0 Å². The number of nitrogens with zero attached hydrogens (tertiary/aromatic N) is 3. The van der Waals surface area contributed by atoms with Crippen molar-refractivity contribution in [3.8, 4) is 0 Å². The average Bonchev–Trinajstić information content (AvgIpc) is 3.05. The van der Waals surface area contributed by atoms with Gasteiger partial charge in [0.2, 0.25) is 5.91 Å². The largest absolute Gasteiger partial charge is 0.465 e. The first-order valence-corrected chi connectivity index (χ1v) is 11.7. The van der Waals surface area contributed by atoms with E-state index in [-0.39, 0.29) is 29.7 Å². The van der Waals surface area contributed by atoms with Crippen LogP contribution in [0.2, 0.25) is 0 Å². The van der Waals surface area contributed by atoms with Crippen LogP contribution in [0, 0.1) is 10.1 Å². The Hall–Kier alpha value is -2.90. The van der Waals surface area contributed by atoms with Crippen molar-refractivity contribution in [2.45, 2.75) is 11.8 Å². The first-order chi connectivity index (χ1) is 15.8. The van der Waals surface area contributed by atoms with Crippen LogP contribution < -0.4 is 0 Å². The Morgan fingerprint density at radius 3 is 2.70 bits per heavy atom. The van der Waals surface area contributed by atoms with E-state index in [4.69, 9.17) is 9.47 Å². The molecule has 0 aliphatic carbocycles. The number of imide groups is 1. The highest BCUT2D eigenvalue weighted by molar-refractivity contribution is 8.18. The van der Waals surface area contributed by atoms with Gasteiger partial charge < -0.3 is 14.4 Å². The molecule has 0 atom stereocenters. The second kappa shape index (κ2) is 11.3. The van der Waals surface area contributed by atoms with Crippen molar-refractivity contribution < 1.29 is 33.6 Å². The molecule has 0 bridgehead atoms. The second-order valence-corrected chi connectivity index (χ2v) is 9.06. The van der Waals surface area contributed by atoms with E-state index < -0.39 is 22.0 Å². The second-order valence-electron chi connectivity index (χ2n) is 6.93. The lowest BCUT2D eigenvalue weighted by atomic mass is 10.2. The quantitative estimate of drug-likeness (QED) is 0.132. The zero-order valence-corrected chi connectivity index (χ0v) is 19.3. The first kappa shape index (κ1) is 24.7.